The molecule has 0 aliphatic heterocycles. The van der Waals surface area contributed by atoms with Crippen LogP contribution in [0.4, 0.5) is 0 Å². The molecule has 0 bridgehead atoms. The van der Waals surface area contributed by atoms with Crippen molar-refractivity contribution in [3.8, 4) is 5.75 Å². The van der Waals surface area contributed by atoms with Gasteiger partial charge in [0.05, 0.1) is 17.6 Å². The molecule has 1 amide bonds. The van der Waals surface area contributed by atoms with Gasteiger partial charge in [-0.05, 0) is 42.8 Å². The first-order chi connectivity index (χ1) is 14.8. The van der Waals surface area contributed by atoms with E-state index in [4.69, 9.17) is 9.72 Å². The fourth-order valence-electron chi connectivity index (χ4n) is 3.39. The lowest BCUT2D eigenvalue weighted by Gasteiger charge is -2.11. The predicted octanol–water partition coefficient (Wildman–Crippen LogP) is 3.87. The summed E-state index contributed by atoms with van der Waals surface area (Å²) in [6, 6.07) is 21.4. The van der Waals surface area contributed by atoms with Crippen molar-refractivity contribution in [1.82, 2.24) is 19.9 Å². The summed E-state index contributed by atoms with van der Waals surface area (Å²) >= 11 is 0. The van der Waals surface area contributed by atoms with E-state index >= 15 is 0 Å². The summed E-state index contributed by atoms with van der Waals surface area (Å²) in [4.78, 5) is 20.9. The summed E-state index contributed by atoms with van der Waals surface area (Å²) in [6.07, 6.45) is 4.82. The molecule has 0 saturated heterocycles. The van der Waals surface area contributed by atoms with Crippen molar-refractivity contribution < 1.29 is 9.53 Å². The Bertz CT molecular complexity index is 1090. The highest BCUT2D eigenvalue weighted by Crippen LogP contribution is 2.17. The molecule has 4 aromatic rings. The minimum absolute atomic E-state index is 0.0813. The fraction of sp³-hybridized carbons (Fsp3) is 0.208. The second-order valence-electron chi connectivity index (χ2n) is 6.93. The number of pyridine rings is 1. The molecule has 152 valence electrons. The van der Waals surface area contributed by atoms with Crippen LogP contribution in [0.2, 0.25) is 0 Å². The lowest BCUT2D eigenvalue weighted by molar-refractivity contribution is 0.0953. The Morgan fingerprint density at radius 3 is 2.57 bits per heavy atom. The maximum absolute atomic E-state index is 12.2. The normalized spacial score (nSPS) is 10.8. The van der Waals surface area contributed by atoms with Crippen LogP contribution in [0.5, 0.6) is 5.75 Å². The molecule has 6 nitrogen and oxygen atoms in total. The number of nitrogens with one attached hydrogen (secondary N) is 1. The van der Waals surface area contributed by atoms with Crippen molar-refractivity contribution in [2.24, 2.45) is 0 Å². The van der Waals surface area contributed by atoms with Gasteiger partial charge in [0.15, 0.2) is 0 Å². The molecule has 0 radical (unpaired) electrons. The Morgan fingerprint density at radius 2 is 1.73 bits per heavy atom. The number of ether oxygens (including phenoxy) is 1. The Hall–Kier alpha value is -3.67. The molecule has 30 heavy (non-hydrogen) atoms. The van der Waals surface area contributed by atoms with E-state index in [1.165, 1.54) is 0 Å². The Balaban J connectivity index is 1.36. The van der Waals surface area contributed by atoms with Gasteiger partial charge in [0.2, 0.25) is 0 Å². The van der Waals surface area contributed by atoms with Gasteiger partial charge in [-0.3, -0.25) is 9.78 Å². The zero-order valence-electron chi connectivity index (χ0n) is 16.7. The van der Waals surface area contributed by atoms with Crippen LogP contribution in [0.15, 0.2) is 79.1 Å². The van der Waals surface area contributed by atoms with Gasteiger partial charge in [0, 0.05) is 30.9 Å². The summed E-state index contributed by atoms with van der Waals surface area (Å²) in [5, 5.41) is 2.96. The van der Waals surface area contributed by atoms with E-state index in [0.717, 1.165) is 35.4 Å². The number of imidazole rings is 1. The number of benzene rings is 2. The van der Waals surface area contributed by atoms with Crippen LogP contribution in [-0.2, 0) is 13.0 Å². The van der Waals surface area contributed by atoms with E-state index in [1.54, 1.807) is 24.5 Å². The van der Waals surface area contributed by atoms with E-state index < -0.39 is 0 Å². The van der Waals surface area contributed by atoms with Crippen molar-refractivity contribution in [3.05, 3.63) is 90.5 Å². The smallest absolute Gasteiger partial charge is 0.251 e. The molecule has 2 heterocycles. The van der Waals surface area contributed by atoms with Gasteiger partial charge in [-0.2, -0.15) is 0 Å². The number of carbonyl (C=O) groups is 1. The summed E-state index contributed by atoms with van der Waals surface area (Å²) in [5.41, 5.74) is 2.70. The lowest BCUT2D eigenvalue weighted by atomic mass is 10.2. The molecule has 0 aliphatic rings. The van der Waals surface area contributed by atoms with Gasteiger partial charge in [-0.25, -0.2) is 4.98 Å². The van der Waals surface area contributed by atoms with E-state index in [9.17, 15) is 4.79 Å². The molecule has 4 rings (SSSR count). The molecule has 0 unspecified atom stereocenters. The predicted molar refractivity (Wildman–Crippen MR) is 117 cm³/mol. The van der Waals surface area contributed by atoms with Crippen LogP contribution < -0.4 is 10.1 Å². The monoisotopic (exact) mass is 400 g/mol. The topological polar surface area (TPSA) is 69.0 Å². The van der Waals surface area contributed by atoms with Crippen LogP contribution in [-0.4, -0.2) is 33.6 Å². The van der Waals surface area contributed by atoms with Crippen molar-refractivity contribution in [3.63, 3.8) is 0 Å². The molecule has 0 aliphatic carbocycles. The first-order valence-electron chi connectivity index (χ1n) is 10.1. The van der Waals surface area contributed by atoms with Gasteiger partial charge in [0.25, 0.3) is 5.91 Å². The highest BCUT2D eigenvalue weighted by molar-refractivity contribution is 5.93. The summed E-state index contributed by atoms with van der Waals surface area (Å²) < 4.78 is 8.09. The highest BCUT2D eigenvalue weighted by atomic mass is 16.5. The number of fused-ring (bicyclic) bond motifs is 1. The number of carbonyl (C=O) groups excluding carboxylic acids is 1. The summed E-state index contributed by atoms with van der Waals surface area (Å²) in [5.74, 6) is 1.79. The maximum atomic E-state index is 12.2. The summed E-state index contributed by atoms with van der Waals surface area (Å²) in [6.45, 7) is 1.87. The van der Waals surface area contributed by atoms with E-state index in [0.29, 0.717) is 25.3 Å². The number of amides is 1. The van der Waals surface area contributed by atoms with Crippen molar-refractivity contribution >= 4 is 16.9 Å². The molecule has 0 fully saturated rings. The molecule has 2 aromatic heterocycles. The zero-order chi connectivity index (χ0) is 20.6. The quantitative estimate of drug-likeness (QED) is 0.433. The van der Waals surface area contributed by atoms with Gasteiger partial charge in [0.1, 0.15) is 18.2 Å². The van der Waals surface area contributed by atoms with Crippen LogP contribution in [0, 0.1) is 0 Å². The number of rotatable bonds is 9. The number of aryl methyl sites for hydroxylation is 1. The Kier molecular flexibility index (Phi) is 6.35. The lowest BCUT2D eigenvalue weighted by Crippen LogP contribution is -2.25. The molecule has 2 aromatic carbocycles. The second-order valence-corrected chi connectivity index (χ2v) is 6.93. The molecule has 0 saturated carbocycles. The highest BCUT2D eigenvalue weighted by Gasteiger charge is 2.11. The van der Waals surface area contributed by atoms with E-state index in [2.05, 4.69) is 20.9 Å². The minimum atomic E-state index is -0.0813. The maximum Gasteiger partial charge on any atom is 0.251 e. The minimum Gasteiger partial charge on any atom is -0.492 e. The van der Waals surface area contributed by atoms with Gasteiger partial charge >= 0.3 is 0 Å². The van der Waals surface area contributed by atoms with E-state index in [-0.39, 0.29) is 5.91 Å². The number of hydrogen-bond acceptors (Lipinski definition) is 4. The molecule has 0 spiro atoms. The second kappa shape index (κ2) is 9.69. The van der Waals surface area contributed by atoms with Gasteiger partial charge < -0.3 is 14.6 Å². The third-order valence-corrected chi connectivity index (χ3v) is 4.87. The number of para-hydroxylation sites is 3. The third-order valence-electron chi connectivity index (χ3n) is 4.87. The van der Waals surface area contributed by atoms with Crippen LogP contribution in [0.1, 0.15) is 22.6 Å². The van der Waals surface area contributed by atoms with Crippen molar-refractivity contribution in [2.45, 2.75) is 19.4 Å². The third kappa shape index (κ3) is 4.84. The number of nitrogens with zero attached hydrogens (tertiary/aromatic N) is 3. The van der Waals surface area contributed by atoms with Crippen LogP contribution >= 0.6 is 0 Å². The zero-order valence-corrected chi connectivity index (χ0v) is 16.7. The number of aromatic nitrogens is 3. The van der Waals surface area contributed by atoms with Crippen LogP contribution in [0.3, 0.4) is 0 Å². The SMILES string of the molecule is O=C(NCCCc1nc2ccccc2n1CCOc1ccccc1)c1ccncc1. The molecule has 6 heteroatoms. The summed E-state index contributed by atoms with van der Waals surface area (Å²) in [7, 11) is 0. The first-order valence-corrected chi connectivity index (χ1v) is 10.1. The van der Waals surface area contributed by atoms with Crippen molar-refractivity contribution in [1.29, 1.82) is 0 Å². The number of hydrogen-bond donors (Lipinski definition) is 1. The largest absolute Gasteiger partial charge is 0.492 e. The van der Waals surface area contributed by atoms with Crippen molar-refractivity contribution in [2.75, 3.05) is 13.2 Å². The first kappa shape index (κ1) is 19.6. The fourth-order valence-corrected chi connectivity index (χ4v) is 3.39. The van der Waals surface area contributed by atoms with Gasteiger partial charge in [-0.1, -0.05) is 30.3 Å². The molecular weight excluding hydrogens is 376 g/mol. The average molecular weight is 400 g/mol. The van der Waals surface area contributed by atoms with Crippen LogP contribution in [0.25, 0.3) is 11.0 Å². The molecule has 1 N–H and O–H groups in total. The Morgan fingerprint density at radius 1 is 0.967 bits per heavy atom. The van der Waals surface area contributed by atoms with E-state index in [1.807, 2.05) is 48.5 Å². The average Bonchev–Trinajstić information content (AvgIpc) is 3.15. The Labute approximate surface area is 175 Å². The van der Waals surface area contributed by atoms with Gasteiger partial charge in [-0.15, -0.1) is 0 Å². The molecular formula is C24H24N4O2. The standard InChI is InChI=1S/C24H24N4O2/c29-24(19-12-15-25-16-13-19)26-14-6-11-23-27-21-9-4-5-10-22(21)28(23)17-18-30-20-7-2-1-3-8-20/h1-5,7-10,12-13,15-16H,6,11,14,17-18H2,(H,26,29). The molecule has 0 atom stereocenters.